The normalized spacial score (nSPS) is 17.6. The number of anilines is 1. The molecule has 1 saturated heterocycles. The summed E-state index contributed by atoms with van der Waals surface area (Å²) >= 11 is 5.92. The highest BCUT2D eigenvalue weighted by Gasteiger charge is 2.32. The zero-order chi connectivity index (χ0) is 14.8. The van der Waals surface area contributed by atoms with Gasteiger partial charge in [0.2, 0.25) is 0 Å². The molecular formula is C12H15ClF3N4-. The summed E-state index contributed by atoms with van der Waals surface area (Å²) in [5.74, 6) is 0.394. The molecule has 1 aromatic heterocycles. The van der Waals surface area contributed by atoms with Gasteiger partial charge >= 0.3 is 6.18 Å². The van der Waals surface area contributed by atoms with Crippen LogP contribution in [-0.4, -0.2) is 49.2 Å². The molecule has 1 aromatic rings. The molecular weight excluding hydrogens is 293 g/mol. The van der Waals surface area contributed by atoms with E-state index in [0.29, 0.717) is 32.0 Å². The van der Waals surface area contributed by atoms with E-state index >= 15 is 0 Å². The molecule has 0 atom stereocenters. The number of nitrogens with zero attached hydrogens (tertiary/aromatic N) is 3. The van der Waals surface area contributed by atoms with Crippen LogP contribution in [0.2, 0.25) is 5.02 Å². The van der Waals surface area contributed by atoms with Crippen molar-refractivity contribution in [2.45, 2.75) is 6.18 Å². The Hall–Kier alpha value is -1.05. The maximum absolute atomic E-state index is 12.5. The zero-order valence-corrected chi connectivity index (χ0v) is 11.5. The van der Waals surface area contributed by atoms with E-state index in [2.05, 4.69) is 9.88 Å². The highest BCUT2D eigenvalue weighted by atomic mass is 35.5. The Balaban J connectivity index is 2.07. The molecule has 2 heterocycles. The van der Waals surface area contributed by atoms with Crippen LogP contribution in [0.15, 0.2) is 12.3 Å². The highest BCUT2D eigenvalue weighted by molar-refractivity contribution is 6.33. The Labute approximate surface area is 120 Å². The van der Waals surface area contributed by atoms with Crippen molar-refractivity contribution in [1.82, 2.24) is 9.88 Å². The first-order chi connectivity index (χ1) is 9.41. The molecule has 0 radical (unpaired) electrons. The Kier molecular flexibility index (Phi) is 4.72. The molecule has 1 N–H and O–H groups in total. The van der Waals surface area contributed by atoms with Crippen molar-refractivity contribution in [3.63, 3.8) is 0 Å². The molecule has 0 unspecified atom stereocenters. The van der Waals surface area contributed by atoms with Gasteiger partial charge in [-0.15, -0.1) is 6.54 Å². The second kappa shape index (κ2) is 6.15. The Morgan fingerprint density at radius 2 is 1.90 bits per heavy atom. The zero-order valence-electron chi connectivity index (χ0n) is 10.8. The summed E-state index contributed by atoms with van der Waals surface area (Å²) < 4.78 is 37.6. The number of alkyl halides is 3. The molecule has 20 heavy (non-hydrogen) atoms. The van der Waals surface area contributed by atoms with E-state index < -0.39 is 11.7 Å². The van der Waals surface area contributed by atoms with Crippen LogP contribution in [0.5, 0.6) is 0 Å². The maximum atomic E-state index is 12.5. The molecule has 0 aromatic carbocycles. The summed E-state index contributed by atoms with van der Waals surface area (Å²) in [5.41, 5.74) is 6.34. The summed E-state index contributed by atoms with van der Waals surface area (Å²) in [5, 5.41) is 0.0220. The summed E-state index contributed by atoms with van der Waals surface area (Å²) in [7, 11) is 0. The number of pyridine rings is 1. The fourth-order valence-electron chi connectivity index (χ4n) is 2.16. The number of rotatable bonds is 3. The van der Waals surface area contributed by atoms with E-state index in [4.69, 9.17) is 17.3 Å². The van der Waals surface area contributed by atoms with Crippen molar-refractivity contribution >= 4 is 17.4 Å². The lowest BCUT2D eigenvalue weighted by Crippen LogP contribution is -2.47. The second-order valence-electron chi connectivity index (χ2n) is 4.61. The topological polar surface area (TPSA) is 43.2 Å². The SMILES string of the molecule is [NH-]CCN1CCN(c2ncc(C(F)(F)F)cc2Cl)CC1. The molecule has 0 saturated carbocycles. The quantitative estimate of drug-likeness (QED) is 0.862. The van der Waals surface area contributed by atoms with Gasteiger partial charge in [0.15, 0.2) is 0 Å². The van der Waals surface area contributed by atoms with Gasteiger partial charge < -0.3 is 15.5 Å². The third kappa shape index (κ3) is 3.53. The van der Waals surface area contributed by atoms with Gasteiger partial charge in [0.05, 0.1) is 10.6 Å². The van der Waals surface area contributed by atoms with Crippen molar-refractivity contribution in [1.29, 1.82) is 0 Å². The lowest BCUT2D eigenvalue weighted by Gasteiger charge is -2.36. The molecule has 1 aliphatic rings. The van der Waals surface area contributed by atoms with Gasteiger partial charge in [-0.3, -0.25) is 0 Å². The molecule has 0 bridgehead atoms. The van der Waals surface area contributed by atoms with Crippen LogP contribution in [-0.2, 0) is 6.18 Å². The third-order valence-corrected chi connectivity index (χ3v) is 3.53. The number of halogens is 4. The van der Waals surface area contributed by atoms with Crippen LogP contribution in [0.4, 0.5) is 19.0 Å². The van der Waals surface area contributed by atoms with Crippen LogP contribution in [0.3, 0.4) is 0 Å². The summed E-state index contributed by atoms with van der Waals surface area (Å²) in [6.07, 6.45) is -3.61. The van der Waals surface area contributed by atoms with E-state index in [9.17, 15) is 13.2 Å². The van der Waals surface area contributed by atoms with Crippen LogP contribution in [0.1, 0.15) is 5.56 Å². The number of hydrogen-bond donors (Lipinski definition) is 0. The average molecular weight is 308 g/mol. The van der Waals surface area contributed by atoms with Gasteiger partial charge in [0, 0.05) is 32.4 Å². The number of hydrogen-bond acceptors (Lipinski definition) is 3. The lowest BCUT2D eigenvalue weighted by molar-refractivity contribution is -0.137. The van der Waals surface area contributed by atoms with Gasteiger partial charge in [0.25, 0.3) is 0 Å². The molecule has 112 valence electrons. The molecule has 8 heteroatoms. The molecule has 1 fully saturated rings. The summed E-state index contributed by atoms with van der Waals surface area (Å²) in [6, 6.07) is 0.917. The Bertz CT molecular complexity index is 459. The van der Waals surface area contributed by atoms with Crippen molar-refractivity contribution in [2.24, 2.45) is 0 Å². The first kappa shape index (κ1) is 15.3. The van der Waals surface area contributed by atoms with Gasteiger partial charge in [-0.2, -0.15) is 13.2 Å². The standard InChI is InChI=1S/C12H15ClF3N4/c13-10-7-9(12(14,15)16)8-18-11(10)20-5-3-19(2-1-17)4-6-20/h7-8,17H,1-6H2/q-1. The van der Waals surface area contributed by atoms with Gasteiger partial charge in [0.1, 0.15) is 5.82 Å². The van der Waals surface area contributed by atoms with Gasteiger partial charge in [-0.05, 0) is 12.6 Å². The fraction of sp³-hybridized carbons (Fsp3) is 0.583. The molecule has 1 aliphatic heterocycles. The molecule has 0 amide bonds. The van der Waals surface area contributed by atoms with Crippen molar-refractivity contribution in [2.75, 3.05) is 44.2 Å². The van der Waals surface area contributed by atoms with E-state index in [0.717, 1.165) is 25.4 Å². The van der Waals surface area contributed by atoms with Crippen LogP contribution >= 0.6 is 11.6 Å². The minimum Gasteiger partial charge on any atom is -0.676 e. The van der Waals surface area contributed by atoms with Crippen molar-refractivity contribution in [3.05, 3.63) is 28.6 Å². The van der Waals surface area contributed by atoms with Gasteiger partial charge in [-0.1, -0.05) is 11.6 Å². The van der Waals surface area contributed by atoms with Gasteiger partial charge in [-0.25, -0.2) is 4.98 Å². The second-order valence-corrected chi connectivity index (χ2v) is 5.01. The smallest absolute Gasteiger partial charge is 0.417 e. The van der Waals surface area contributed by atoms with Crippen LogP contribution in [0.25, 0.3) is 5.73 Å². The highest BCUT2D eigenvalue weighted by Crippen LogP contribution is 2.33. The molecule has 4 nitrogen and oxygen atoms in total. The Morgan fingerprint density at radius 1 is 1.25 bits per heavy atom. The molecule has 2 rings (SSSR count). The first-order valence-electron chi connectivity index (χ1n) is 6.26. The Morgan fingerprint density at radius 3 is 2.40 bits per heavy atom. The predicted molar refractivity (Wildman–Crippen MR) is 72.1 cm³/mol. The number of piperazine rings is 1. The average Bonchev–Trinajstić information content (AvgIpc) is 2.39. The third-order valence-electron chi connectivity index (χ3n) is 3.25. The minimum absolute atomic E-state index is 0.0220. The van der Waals surface area contributed by atoms with Crippen LogP contribution in [0, 0.1) is 0 Å². The number of aromatic nitrogens is 1. The first-order valence-corrected chi connectivity index (χ1v) is 6.64. The summed E-state index contributed by atoms with van der Waals surface area (Å²) in [6.45, 7) is 3.88. The minimum atomic E-state index is -4.43. The van der Waals surface area contributed by atoms with Crippen molar-refractivity contribution in [3.8, 4) is 0 Å². The molecule has 0 spiro atoms. The van der Waals surface area contributed by atoms with E-state index in [1.807, 2.05) is 4.90 Å². The van der Waals surface area contributed by atoms with E-state index in [1.54, 1.807) is 0 Å². The monoisotopic (exact) mass is 307 g/mol. The fourth-order valence-corrected chi connectivity index (χ4v) is 2.45. The predicted octanol–water partition coefficient (Wildman–Crippen LogP) is 2.93. The van der Waals surface area contributed by atoms with E-state index in [-0.39, 0.29) is 5.02 Å². The maximum Gasteiger partial charge on any atom is 0.417 e. The van der Waals surface area contributed by atoms with Crippen LogP contribution < -0.4 is 4.90 Å². The largest absolute Gasteiger partial charge is 0.676 e. The van der Waals surface area contributed by atoms with E-state index in [1.165, 1.54) is 0 Å². The van der Waals surface area contributed by atoms with Crippen molar-refractivity contribution < 1.29 is 13.2 Å². The summed E-state index contributed by atoms with van der Waals surface area (Å²) in [4.78, 5) is 7.88. The lowest BCUT2D eigenvalue weighted by atomic mass is 10.2. The molecule has 0 aliphatic carbocycles. The number of nitrogens with one attached hydrogen (secondary N) is 1.